The average Bonchev–Trinajstić information content (AvgIpc) is 3.67. The lowest BCUT2D eigenvalue weighted by atomic mass is 9.76. The Morgan fingerprint density at radius 3 is 1.70 bits per heavy atom. The van der Waals surface area contributed by atoms with E-state index in [2.05, 4.69) is 0 Å². The molecule has 398 valence electrons. The predicted octanol–water partition coefficient (Wildman–Crippen LogP) is 6.88. The van der Waals surface area contributed by atoms with E-state index in [0.29, 0.717) is 99.1 Å². The maximum Gasteiger partial charge on any atom is 0.303 e. The number of methoxy groups -OCH3 is 1. The summed E-state index contributed by atoms with van der Waals surface area (Å²) in [7, 11) is -18.3. The zero-order valence-electron chi connectivity index (χ0n) is 41.0. The van der Waals surface area contributed by atoms with Crippen molar-refractivity contribution in [2.45, 2.75) is 90.2 Å². The Bertz CT molecular complexity index is 3370. The Hall–Kier alpha value is -4.96. The molecule has 24 heteroatoms. The average molecular weight is 1090 g/mol. The van der Waals surface area contributed by atoms with E-state index >= 15 is 0 Å². The van der Waals surface area contributed by atoms with Crippen LogP contribution < -0.4 is 4.90 Å². The molecule has 1 atom stereocenters. The number of allylic oxidation sites excluding steroid dienone is 6. The van der Waals surface area contributed by atoms with Crippen LogP contribution in [0.15, 0.2) is 104 Å². The van der Waals surface area contributed by atoms with Gasteiger partial charge in [-0.2, -0.15) is 38.2 Å². The van der Waals surface area contributed by atoms with Crippen molar-refractivity contribution in [3.63, 3.8) is 0 Å². The third-order valence-corrected chi connectivity index (χ3v) is 16.5. The molecule has 1 unspecified atom stereocenters. The largest absolute Gasteiger partial charge is 0.481 e. The van der Waals surface area contributed by atoms with E-state index in [9.17, 15) is 61.8 Å². The second kappa shape index (κ2) is 22.9. The number of carboxylic acids is 1. The van der Waals surface area contributed by atoms with Gasteiger partial charge in [-0.15, -0.1) is 0 Å². The highest BCUT2D eigenvalue weighted by atomic mass is 32.2. The molecule has 5 N–H and O–H groups in total. The minimum atomic E-state index is -5.04. The molecule has 73 heavy (non-hydrogen) atoms. The van der Waals surface area contributed by atoms with Crippen molar-refractivity contribution in [2.24, 2.45) is 0 Å². The second-order valence-electron chi connectivity index (χ2n) is 18.2. The van der Waals surface area contributed by atoms with Gasteiger partial charge in [-0.25, -0.2) is 0 Å². The number of anilines is 1. The monoisotopic (exact) mass is 1090 g/mol. The van der Waals surface area contributed by atoms with E-state index < -0.39 is 76.9 Å². The van der Waals surface area contributed by atoms with Crippen molar-refractivity contribution in [1.82, 2.24) is 0 Å². The molecule has 20 nitrogen and oxygen atoms in total. The molecule has 0 amide bonds. The van der Waals surface area contributed by atoms with E-state index in [-0.39, 0.29) is 54.2 Å². The molecule has 6 rings (SSSR count). The van der Waals surface area contributed by atoms with Crippen LogP contribution in [0.25, 0.3) is 21.5 Å². The van der Waals surface area contributed by atoms with E-state index in [4.69, 9.17) is 18.9 Å². The van der Waals surface area contributed by atoms with Gasteiger partial charge in [0.1, 0.15) is 16.3 Å². The fourth-order valence-corrected chi connectivity index (χ4v) is 12.4. The van der Waals surface area contributed by atoms with Gasteiger partial charge in [0.15, 0.2) is 5.71 Å². The van der Waals surface area contributed by atoms with E-state index in [1.54, 1.807) is 37.5 Å². The second-order valence-corrected chi connectivity index (χ2v) is 23.8. The Balaban J connectivity index is 1.43. The highest BCUT2D eigenvalue weighted by Crippen LogP contribution is 2.54. The molecule has 0 saturated heterocycles. The summed E-state index contributed by atoms with van der Waals surface area (Å²) >= 11 is 0. The number of hydrogen-bond donors (Lipinski definition) is 5. The molecule has 0 bridgehead atoms. The SMILES string of the molecule is CC[N+]1=C(/C=C/C=C/C=C2/N(CCCCCC(=O)O)c3ccc4c(S(=O)(=O)O)cc(S(=O)(=O)O)cc4c3C2(C)CCOCCOCCOCCOC)C(C)(C)c2c1ccc1c(S(=O)(=O)O)cc(S(=O)(=O)O)cc21. The van der Waals surface area contributed by atoms with E-state index in [0.717, 1.165) is 5.71 Å². The molecule has 0 aliphatic carbocycles. The van der Waals surface area contributed by atoms with Gasteiger partial charge < -0.3 is 29.0 Å². The van der Waals surface area contributed by atoms with Gasteiger partial charge in [-0.05, 0) is 106 Å². The van der Waals surface area contributed by atoms with Crippen molar-refractivity contribution in [2.75, 3.05) is 71.3 Å². The number of benzene rings is 4. The number of fused-ring (bicyclic) bond motifs is 6. The minimum absolute atomic E-state index is 0.00285. The molecule has 2 heterocycles. The van der Waals surface area contributed by atoms with Crippen LogP contribution in [0.4, 0.5) is 11.4 Å². The number of ether oxygens (including phenoxy) is 4. The zero-order valence-corrected chi connectivity index (χ0v) is 44.2. The third kappa shape index (κ3) is 12.8. The summed E-state index contributed by atoms with van der Waals surface area (Å²) in [6.07, 6.45) is 10.6. The first-order valence-corrected chi connectivity index (χ1v) is 29.0. The Kier molecular flexibility index (Phi) is 18.0. The molecule has 0 saturated carbocycles. The standard InChI is InChI=1S/C49H60N2O18S4/c1-6-50-39-18-16-35-37(29-33(70(54,55)56)31-41(35)72(60,61)62)46(39)48(2,3)43(50)13-9-7-10-14-44-49(4,20-22-67-25-26-69-28-27-68-24-23-66-5)47-38-30-34(71(57,58)59)32-42(73(63,64)65)36(38)17-19-40(47)51(44)21-12-8-11-15-45(52)53/h7,9-10,13-14,16-19,29-32H,6,8,11-12,15,20-28H2,1-5H3,(H4-,52,53,54,55,56,57,58,59,60,61,62,63,64,65)/p+1. The van der Waals surface area contributed by atoms with Crippen molar-refractivity contribution in [3.05, 3.63) is 95.7 Å². The summed E-state index contributed by atoms with van der Waals surface area (Å²) in [6.45, 7) is 10.4. The van der Waals surface area contributed by atoms with Crippen LogP contribution in [0.2, 0.25) is 0 Å². The molecule has 0 aromatic heterocycles. The minimum Gasteiger partial charge on any atom is -0.481 e. The normalized spacial score (nSPS) is 17.8. The first kappa shape index (κ1) is 57.3. The molecule has 2 aliphatic rings. The molecule has 4 aromatic rings. The van der Waals surface area contributed by atoms with Crippen molar-refractivity contribution in [1.29, 1.82) is 0 Å². The summed E-state index contributed by atoms with van der Waals surface area (Å²) in [5, 5.41) is 9.68. The topological polar surface area (TPSA) is 298 Å². The fourth-order valence-electron chi connectivity index (χ4n) is 9.74. The number of carbonyl (C=O) groups is 1. The molecule has 0 radical (unpaired) electrons. The number of aliphatic carboxylic acids is 1. The quantitative estimate of drug-likeness (QED) is 0.0185. The third-order valence-electron chi connectivity index (χ3n) is 13.0. The molecular weight excluding hydrogens is 1030 g/mol. The maximum absolute atomic E-state index is 12.8. The number of unbranched alkanes of at least 4 members (excludes halogenated alkanes) is 2. The van der Waals surface area contributed by atoms with Crippen molar-refractivity contribution < 1.29 is 85.3 Å². The molecule has 0 spiro atoms. The van der Waals surface area contributed by atoms with Crippen LogP contribution >= 0.6 is 0 Å². The summed E-state index contributed by atoms with van der Waals surface area (Å²) in [4.78, 5) is 10.5. The number of rotatable bonds is 26. The van der Waals surface area contributed by atoms with Crippen LogP contribution in [0.5, 0.6) is 0 Å². The number of nitrogens with zero attached hydrogens (tertiary/aromatic N) is 2. The van der Waals surface area contributed by atoms with Gasteiger partial charge in [0, 0.05) is 72.0 Å². The molecule has 0 fully saturated rings. The summed E-state index contributed by atoms with van der Waals surface area (Å²) < 4.78 is 166. The van der Waals surface area contributed by atoms with Crippen molar-refractivity contribution >= 4 is 85.1 Å². The first-order chi connectivity index (χ1) is 34.2. The summed E-state index contributed by atoms with van der Waals surface area (Å²) in [5.41, 5.74) is 1.65. The zero-order chi connectivity index (χ0) is 53.7. The Labute approximate surface area is 425 Å². The van der Waals surface area contributed by atoms with Crippen LogP contribution in [0, 0.1) is 0 Å². The summed E-state index contributed by atoms with van der Waals surface area (Å²) in [6, 6.07) is 10.0. The van der Waals surface area contributed by atoms with Crippen molar-refractivity contribution in [3.8, 4) is 0 Å². The lowest BCUT2D eigenvalue weighted by Gasteiger charge is -2.31. The van der Waals surface area contributed by atoms with Crippen LogP contribution in [-0.4, -0.2) is 140 Å². The van der Waals surface area contributed by atoms with Gasteiger partial charge >= 0.3 is 5.97 Å². The highest BCUT2D eigenvalue weighted by Gasteiger charge is 2.47. The van der Waals surface area contributed by atoms with Gasteiger partial charge in [0.25, 0.3) is 40.5 Å². The molecule has 2 aliphatic heterocycles. The van der Waals surface area contributed by atoms with Gasteiger partial charge in [-0.1, -0.05) is 30.7 Å². The Morgan fingerprint density at radius 2 is 1.18 bits per heavy atom. The lowest BCUT2D eigenvalue weighted by molar-refractivity contribution is -0.433. The van der Waals surface area contributed by atoms with E-state index in [1.807, 2.05) is 49.3 Å². The highest BCUT2D eigenvalue weighted by molar-refractivity contribution is 7.87. The van der Waals surface area contributed by atoms with Gasteiger partial charge in [-0.3, -0.25) is 23.0 Å². The fraction of sp³-hybridized carbons (Fsp3) is 0.429. The summed E-state index contributed by atoms with van der Waals surface area (Å²) in [5.74, 6) is -0.939. The lowest BCUT2D eigenvalue weighted by Crippen LogP contribution is -2.30. The molecular formula is C49H61N2O18S4+. The smallest absolute Gasteiger partial charge is 0.303 e. The Morgan fingerprint density at radius 1 is 0.644 bits per heavy atom. The van der Waals surface area contributed by atoms with Crippen LogP contribution in [0.3, 0.4) is 0 Å². The van der Waals surface area contributed by atoms with Crippen LogP contribution in [0.1, 0.15) is 70.9 Å². The number of hydrogen-bond acceptors (Lipinski definition) is 14. The maximum atomic E-state index is 12.8. The number of carboxylic acid groups (broad SMARTS) is 1. The van der Waals surface area contributed by atoms with Gasteiger partial charge in [0.2, 0.25) is 5.69 Å². The predicted molar refractivity (Wildman–Crippen MR) is 272 cm³/mol. The first-order valence-electron chi connectivity index (χ1n) is 23.2. The van der Waals surface area contributed by atoms with Crippen LogP contribution in [-0.2, 0) is 75.0 Å². The molecule has 4 aromatic carbocycles. The van der Waals surface area contributed by atoms with Gasteiger partial charge in [0.05, 0.1) is 54.8 Å². The van der Waals surface area contributed by atoms with E-state index in [1.165, 1.54) is 24.3 Å².